The maximum atomic E-state index is 5.79. The maximum Gasteiger partial charge on any atom is 0.0923 e. The van der Waals surface area contributed by atoms with Gasteiger partial charge in [-0.05, 0) is 25.7 Å². The summed E-state index contributed by atoms with van der Waals surface area (Å²) in [5.41, 5.74) is 0.478. The summed E-state index contributed by atoms with van der Waals surface area (Å²) < 4.78 is 11.6. The van der Waals surface area contributed by atoms with Gasteiger partial charge in [0.1, 0.15) is 0 Å². The first-order valence-corrected chi connectivity index (χ1v) is 5.71. The van der Waals surface area contributed by atoms with Gasteiger partial charge in [0, 0.05) is 5.41 Å². The minimum absolute atomic E-state index is 0.478. The Morgan fingerprint density at radius 1 is 0.846 bits per heavy atom. The molecule has 4 fully saturated rings. The van der Waals surface area contributed by atoms with Crippen molar-refractivity contribution in [2.24, 2.45) is 5.41 Å². The zero-order valence-corrected chi connectivity index (χ0v) is 7.87. The molecule has 2 saturated carbocycles. The van der Waals surface area contributed by atoms with Crippen molar-refractivity contribution in [3.63, 3.8) is 0 Å². The van der Waals surface area contributed by atoms with Gasteiger partial charge in [-0.25, -0.2) is 0 Å². The summed E-state index contributed by atoms with van der Waals surface area (Å²) in [7, 11) is 0. The second-order valence-electron chi connectivity index (χ2n) is 5.21. The predicted molar refractivity (Wildman–Crippen MR) is 47.5 cm³/mol. The topological polar surface area (TPSA) is 25.1 Å². The summed E-state index contributed by atoms with van der Waals surface area (Å²) in [6.45, 7) is 0. The molecule has 4 atom stereocenters. The van der Waals surface area contributed by atoms with E-state index in [1.807, 2.05) is 0 Å². The van der Waals surface area contributed by atoms with Crippen LogP contribution < -0.4 is 0 Å². The average molecular weight is 180 g/mol. The number of hydrogen-bond donors (Lipinski definition) is 0. The summed E-state index contributed by atoms with van der Waals surface area (Å²) in [6, 6.07) is 0. The van der Waals surface area contributed by atoms with E-state index in [1.54, 1.807) is 0 Å². The lowest BCUT2D eigenvalue weighted by Crippen LogP contribution is -2.40. The Hall–Kier alpha value is -0.0800. The van der Waals surface area contributed by atoms with Crippen LogP contribution in [0.2, 0.25) is 0 Å². The quantitative estimate of drug-likeness (QED) is 0.532. The molecule has 2 saturated heterocycles. The second kappa shape index (κ2) is 2.12. The van der Waals surface area contributed by atoms with Crippen LogP contribution in [-0.4, -0.2) is 24.4 Å². The van der Waals surface area contributed by atoms with Crippen LogP contribution in [-0.2, 0) is 9.47 Å². The van der Waals surface area contributed by atoms with Gasteiger partial charge in [0.05, 0.1) is 24.4 Å². The molecule has 0 aromatic carbocycles. The van der Waals surface area contributed by atoms with Crippen molar-refractivity contribution in [2.75, 3.05) is 0 Å². The molecular weight excluding hydrogens is 164 g/mol. The summed E-state index contributed by atoms with van der Waals surface area (Å²) >= 11 is 0. The molecule has 2 nitrogen and oxygen atoms in total. The van der Waals surface area contributed by atoms with E-state index in [0.29, 0.717) is 29.8 Å². The first-order valence-electron chi connectivity index (χ1n) is 5.71. The lowest BCUT2D eigenvalue weighted by Gasteiger charge is -2.36. The van der Waals surface area contributed by atoms with Crippen molar-refractivity contribution in [3.8, 4) is 0 Å². The molecule has 13 heavy (non-hydrogen) atoms. The number of ether oxygens (including phenoxy) is 2. The molecule has 2 heterocycles. The SMILES string of the molecule is C1CC2OC2C2(C1)CCCC1OC12. The van der Waals surface area contributed by atoms with E-state index in [1.165, 1.54) is 38.5 Å². The molecule has 4 aliphatic rings. The lowest BCUT2D eigenvalue weighted by molar-refractivity contribution is 0.109. The molecule has 0 amide bonds. The fraction of sp³-hybridized carbons (Fsp3) is 1.00. The normalized spacial score (nSPS) is 62.8. The summed E-state index contributed by atoms with van der Waals surface area (Å²) in [5, 5.41) is 0. The van der Waals surface area contributed by atoms with E-state index in [4.69, 9.17) is 9.47 Å². The van der Waals surface area contributed by atoms with E-state index in [-0.39, 0.29) is 0 Å². The van der Waals surface area contributed by atoms with Crippen molar-refractivity contribution in [3.05, 3.63) is 0 Å². The highest BCUT2D eigenvalue weighted by atomic mass is 16.6. The van der Waals surface area contributed by atoms with Crippen LogP contribution in [0.4, 0.5) is 0 Å². The third-order valence-electron chi connectivity index (χ3n) is 4.56. The van der Waals surface area contributed by atoms with E-state index in [9.17, 15) is 0 Å². The first-order chi connectivity index (χ1) is 6.40. The smallest absolute Gasteiger partial charge is 0.0923 e. The molecule has 0 aromatic heterocycles. The molecule has 2 aliphatic heterocycles. The lowest BCUT2D eigenvalue weighted by atomic mass is 9.65. The molecule has 0 radical (unpaired) electrons. The maximum absolute atomic E-state index is 5.79. The number of hydrogen-bond acceptors (Lipinski definition) is 2. The van der Waals surface area contributed by atoms with Crippen LogP contribution in [0.15, 0.2) is 0 Å². The van der Waals surface area contributed by atoms with Gasteiger partial charge < -0.3 is 9.47 Å². The van der Waals surface area contributed by atoms with Gasteiger partial charge in [-0.2, -0.15) is 0 Å². The standard InChI is InChI=1S/C11H16O2/c1-3-7-9(12-7)11(5-1)6-2-4-8-10(11)13-8/h7-10H,1-6H2. The van der Waals surface area contributed by atoms with Gasteiger partial charge in [-0.3, -0.25) is 0 Å². The largest absolute Gasteiger partial charge is 0.369 e. The fourth-order valence-corrected chi connectivity index (χ4v) is 3.86. The van der Waals surface area contributed by atoms with E-state index >= 15 is 0 Å². The average Bonchev–Trinajstić information content (AvgIpc) is 2.99. The number of epoxide rings is 2. The molecule has 0 aromatic rings. The Labute approximate surface area is 78.6 Å². The highest BCUT2D eigenvalue weighted by Crippen LogP contribution is 2.61. The Kier molecular flexibility index (Phi) is 1.18. The number of rotatable bonds is 0. The van der Waals surface area contributed by atoms with Gasteiger partial charge in [0.25, 0.3) is 0 Å². The van der Waals surface area contributed by atoms with Gasteiger partial charge in [-0.15, -0.1) is 0 Å². The van der Waals surface area contributed by atoms with Crippen molar-refractivity contribution in [1.82, 2.24) is 0 Å². The highest BCUT2D eigenvalue weighted by molar-refractivity contribution is 5.15. The minimum atomic E-state index is 0.478. The van der Waals surface area contributed by atoms with Crippen molar-refractivity contribution in [2.45, 2.75) is 62.9 Å². The Morgan fingerprint density at radius 3 is 1.92 bits per heavy atom. The molecule has 1 spiro atoms. The zero-order valence-electron chi connectivity index (χ0n) is 7.87. The van der Waals surface area contributed by atoms with Gasteiger partial charge >= 0.3 is 0 Å². The molecule has 0 bridgehead atoms. The molecule has 4 unspecified atom stereocenters. The van der Waals surface area contributed by atoms with Gasteiger partial charge in [-0.1, -0.05) is 12.8 Å². The van der Waals surface area contributed by atoms with Crippen LogP contribution in [0, 0.1) is 5.41 Å². The molecule has 72 valence electrons. The highest BCUT2D eigenvalue weighted by Gasteiger charge is 2.67. The molecule has 4 rings (SSSR count). The third-order valence-corrected chi connectivity index (χ3v) is 4.56. The number of fused-ring (bicyclic) bond motifs is 4. The summed E-state index contributed by atoms with van der Waals surface area (Å²) in [4.78, 5) is 0. The van der Waals surface area contributed by atoms with Crippen LogP contribution in [0.1, 0.15) is 38.5 Å². The van der Waals surface area contributed by atoms with Crippen LogP contribution >= 0.6 is 0 Å². The molecule has 2 aliphatic carbocycles. The predicted octanol–water partition coefficient (Wildman–Crippen LogP) is 1.88. The minimum Gasteiger partial charge on any atom is -0.369 e. The fourth-order valence-electron chi connectivity index (χ4n) is 3.86. The van der Waals surface area contributed by atoms with E-state index in [2.05, 4.69) is 0 Å². The molecule has 2 heteroatoms. The van der Waals surface area contributed by atoms with Crippen molar-refractivity contribution < 1.29 is 9.47 Å². The Morgan fingerprint density at radius 2 is 1.38 bits per heavy atom. The van der Waals surface area contributed by atoms with Gasteiger partial charge in [0.15, 0.2) is 0 Å². The van der Waals surface area contributed by atoms with E-state index < -0.39 is 0 Å². The third kappa shape index (κ3) is 0.816. The first kappa shape index (κ1) is 7.24. The van der Waals surface area contributed by atoms with E-state index in [0.717, 1.165) is 0 Å². The Bertz CT molecular complexity index is 224. The zero-order chi connectivity index (χ0) is 8.47. The monoisotopic (exact) mass is 180 g/mol. The van der Waals surface area contributed by atoms with Crippen LogP contribution in [0.25, 0.3) is 0 Å². The second-order valence-corrected chi connectivity index (χ2v) is 5.21. The van der Waals surface area contributed by atoms with Crippen molar-refractivity contribution in [1.29, 1.82) is 0 Å². The van der Waals surface area contributed by atoms with Crippen LogP contribution in [0.3, 0.4) is 0 Å². The van der Waals surface area contributed by atoms with Crippen LogP contribution in [0.5, 0.6) is 0 Å². The Balaban J connectivity index is 1.67. The molecule has 0 N–H and O–H groups in total. The molecular formula is C11H16O2. The van der Waals surface area contributed by atoms with Crippen molar-refractivity contribution >= 4 is 0 Å². The summed E-state index contributed by atoms with van der Waals surface area (Å²) in [5.74, 6) is 0. The summed E-state index contributed by atoms with van der Waals surface area (Å²) in [6.07, 6.45) is 10.5. The van der Waals surface area contributed by atoms with Gasteiger partial charge in [0.2, 0.25) is 0 Å².